The van der Waals surface area contributed by atoms with Gasteiger partial charge in [-0.1, -0.05) is 166 Å². The van der Waals surface area contributed by atoms with Crippen molar-refractivity contribution in [3.05, 3.63) is 242 Å². The topological polar surface area (TPSA) is 55.0 Å². The van der Waals surface area contributed by atoms with E-state index in [9.17, 15) is 5.41 Å². The molecule has 0 bridgehead atoms. The number of benzene rings is 4. The highest BCUT2D eigenvalue weighted by molar-refractivity contribution is 6.52. The highest BCUT2D eigenvalue weighted by Crippen LogP contribution is 2.41. The number of guanidine groups is 1. The fourth-order valence-electron chi connectivity index (χ4n) is 8.07. The predicted molar refractivity (Wildman–Crippen MR) is 293 cm³/mol. The molecule has 1 heterocycles. The maximum atomic E-state index is 9.44. The van der Waals surface area contributed by atoms with E-state index in [1.54, 1.807) is 12.2 Å². The third-order valence-corrected chi connectivity index (χ3v) is 11.2. The summed E-state index contributed by atoms with van der Waals surface area (Å²) in [6, 6.07) is 23.8. The van der Waals surface area contributed by atoms with Gasteiger partial charge in [0, 0.05) is 42.4 Å². The maximum absolute atomic E-state index is 9.44. The lowest BCUT2D eigenvalue weighted by Gasteiger charge is -2.27. The standard InChI is InChI=1S/C51H49N5.C7H10.C3H6/c1-7-9-22-40(8-2)55(6)50-36(4)32-46(44-24-12-13-25-45(44)50)39-29-30-42-35(3)19-16-17-31-56(49(42)33-39)51(52)54-48-28-15-14-27-47(48)53-34-37(5)41-26-18-21-38-20-10-11-23-43(38)41;1-3-5-7-6-4-2;1-3-2/h7-10,12-22,24-33,37,52H,2-3,11,23,34H2,1,4-6H3;3-7H,1H2,2H3;3H,1H2,2H3/b9-7-,19-16-,31-17-,40-22+,52-51?,53-47?,54-48-;6-4-,7-5-;. The summed E-state index contributed by atoms with van der Waals surface area (Å²) in [5, 5.41) is 11.7. The molecule has 0 saturated carbocycles. The summed E-state index contributed by atoms with van der Waals surface area (Å²) in [6.07, 6.45) is 41.6. The Labute approximate surface area is 394 Å². The summed E-state index contributed by atoms with van der Waals surface area (Å²) in [7, 11) is 2.09. The van der Waals surface area contributed by atoms with Gasteiger partial charge in [-0.25, -0.2) is 4.99 Å². The Hall–Kier alpha value is -7.63. The van der Waals surface area contributed by atoms with Crippen LogP contribution in [0.4, 0.5) is 11.4 Å². The molecule has 7 rings (SSSR count). The Kier molecular flexibility index (Phi) is 18.7. The minimum absolute atomic E-state index is 0.0882. The van der Waals surface area contributed by atoms with Gasteiger partial charge in [0.2, 0.25) is 5.96 Å². The van der Waals surface area contributed by atoms with Crippen molar-refractivity contribution in [1.82, 2.24) is 0 Å². The van der Waals surface area contributed by atoms with Crippen LogP contribution in [0.3, 0.4) is 0 Å². The third kappa shape index (κ3) is 12.3. The highest BCUT2D eigenvalue weighted by Gasteiger charge is 2.22. The van der Waals surface area contributed by atoms with Gasteiger partial charge in [0.15, 0.2) is 0 Å². The van der Waals surface area contributed by atoms with E-state index >= 15 is 0 Å². The SMILES string of the molecule is C=C/C(=C\C=C/C)N(C)c1c(C)cc(-c2ccc3c(c2)N(C(=N)/N=C2/C=CC=CC2=NCC(C)c2cccc4c2CCC=C4)/C=C\C=C/C3=C)c2ccccc12.C=C/C=C\C=C/C.C=CC. The highest BCUT2D eigenvalue weighted by atomic mass is 15.2. The molecule has 4 aromatic carbocycles. The number of nitrogens with one attached hydrogen (secondary N) is 1. The Balaban J connectivity index is 0.000000739. The molecular formula is C61H65N5. The lowest BCUT2D eigenvalue weighted by molar-refractivity contribution is 0.758. The molecule has 0 aromatic heterocycles. The number of anilines is 2. The number of likely N-dealkylation sites (N-methyl/N-ethyl adjacent to an activating group) is 1. The molecule has 5 nitrogen and oxygen atoms in total. The van der Waals surface area contributed by atoms with Crippen LogP contribution in [0.15, 0.2) is 224 Å². The van der Waals surface area contributed by atoms with Gasteiger partial charge in [0.1, 0.15) is 0 Å². The Morgan fingerprint density at radius 3 is 2.27 bits per heavy atom. The summed E-state index contributed by atoms with van der Waals surface area (Å²) in [4.78, 5) is 14.0. The lowest BCUT2D eigenvalue weighted by atomic mass is 9.87. The fourth-order valence-corrected chi connectivity index (χ4v) is 8.07. The van der Waals surface area contributed by atoms with Gasteiger partial charge in [0.25, 0.3) is 0 Å². The van der Waals surface area contributed by atoms with E-state index in [0.29, 0.717) is 12.3 Å². The molecule has 1 atom stereocenters. The van der Waals surface area contributed by atoms with Crippen LogP contribution in [0.25, 0.3) is 33.5 Å². The number of hydrogen-bond acceptors (Lipinski definition) is 3. The summed E-state index contributed by atoms with van der Waals surface area (Å²) >= 11 is 0. The van der Waals surface area contributed by atoms with Gasteiger partial charge in [-0.05, 0) is 127 Å². The van der Waals surface area contributed by atoms with Gasteiger partial charge in [-0.3, -0.25) is 15.3 Å². The van der Waals surface area contributed by atoms with Crippen LogP contribution in [0, 0.1) is 12.3 Å². The number of fused-ring (bicyclic) bond motifs is 3. The predicted octanol–water partition coefficient (Wildman–Crippen LogP) is 16.0. The van der Waals surface area contributed by atoms with Crippen LogP contribution in [0.2, 0.25) is 0 Å². The Morgan fingerprint density at radius 2 is 1.55 bits per heavy atom. The smallest absolute Gasteiger partial charge is 0.227 e. The molecule has 1 aliphatic heterocycles. The van der Waals surface area contributed by atoms with E-state index < -0.39 is 0 Å². The number of allylic oxidation sites excluding steroid dienone is 19. The van der Waals surface area contributed by atoms with E-state index in [0.717, 1.165) is 74.2 Å². The molecule has 1 unspecified atom stereocenters. The van der Waals surface area contributed by atoms with Crippen molar-refractivity contribution in [2.24, 2.45) is 9.98 Å². The van der Waals surface area contributed by atoms with Gasteiger partial charge < -0.3 is 4.90 Å². The average Bonchev–Trinajstić information content (AvgIpc) is 3.33. The van der Waals surface area contributed by atoms with Crippen molar-refractivity contribution in [2.45, 2.75) is 53.4 Å². The summed E-state index contributed by atoms with van der Waals surface area (Å²) < 4.78 is 0. The fraction of sp³-hybridized carbons (Fsp3) is 0.164. The monoisotopic (exact) mass is 868 g/mol. The van der Waals surface area contributed by atoms with Gasteiger partial charge in [-0.15, -0.1) is 6.58 Å². The zero-order valence-electron chi connectivity index (χ0n) is 39.7. The van der Waals surface area contributed by atoms with E-state index in [4.69, 9.17) is 9.98 Å². The van der Waals surface area contributed by atoms with Crippen LogP contribution < -0.4 is 9.80 Å². The molecule has 3 aliphatic rings. The number of aryl methyl sites for hydroxylation is 1. The van der Waals surface area contributed by atoms with Crippen LogP contribution in [0.1, 0.15) is 67.9 Å². The number of aliphatic imine (C=N–C) groups is 2. The number of nitrogens with zero attached hydrogens (tertiary/aromatic N) is 4. The van der Waals surface area contributed by atoms with Crippen LogP contribution in [-0.2, 0) is 6.42 Å². The molecule has 0 radical (unpaired) electrons. The number of hydrogen-bond donors (Lipinski definition) is 1. The molecule has 0 spiro atoms. The maximum Gasteiger partial charge on any atom is 0.227 e. The first-order valence-corrected chi connectivity index (χ1v) is 22.6. The minimum Gasteiger partial charge on any atom is -0.344 e. The average molecular weight is 868 g/mol. The first-order chi connectivity index (χ1) is 32.1. The molecule has 1 N–H and O–H groups in total. The lowest BCUT2D eigenvalue weighted by Crippen LogP contribution is -2.27. The van der Waals surface area contributed by atoms with E-state index in [2.05, 4.69) is 137 Å². The third-order valence-electron chi connectivity index (χ3n) is 11.2. The van der Waals surface area contributed by atoms with Crippen LogP contribution in [-0.4, -0.2) is 31.0 Å². The van der Waals surface area contributed by atoms with E-state index in [-0.39, 0.29) is 11.9 Å². The second-order valence-corrected chi connectivity index (χ2v) is 15.9. The van der Waals surface area contributed by atoms with Crippen LogP contribution in [0.5, 0.6) is 0 Å². The van der Waals surface area contributed by atoms with Crippen molar-refractivity contribution in [2.75, 3.05) is 23.4 Å². The molecule has 0 saturated heterocycles. The number of rotatable bonds is 10. The summed E-state index contributed by atoms with van der Waals surface area (Å²) in [5.41, 5.74) is 13.6. The Morgan fingerprint density at radius 1 is 0.818 bits per heavy atom. The van der Waals surface area contributed by atoms with Crippen LogP contribution >= 0.6 is 0 Å². The van der Waals surface area contributed by atoms with Gasteiger partial charge in [-0.2, -0.15) is 0 Å². The zero-order valence-corrected chi connectivity index (χ0v) is 39.7. The zero-order chi connectivity index (χ0) is 47.4. The van der Waals surface area contributed by atoms with Crippen molar-refractivity contribution < 1.29 is 0 Å². The van der Waals surface area contributed by atoms with E-state index in [1.807, 2.05) is 117 Å². The second-order valence-electron chi connectivity index (χ2n) is 15.9. The quantitative estimate of drug-likeness (QED) is 0.0568. The molecule has 0 amide bonds. The first kappa shape index (κ1) is 49.4. The molecule has 5 heteroatoms. The Bertz CT molecular complexity index is 2790. The normalized spacial score (nSPS) is 16.8. The molecule has 0 fully saturated rings. The van der Waals surface area contributed by atoms with Crippen molar-refractivity contribution in [1.29, 1.82) is 5.41 Å². The summed E-state index contributed by atoms with van der Waals surface area (Å²) in [5.74, 6) is 0.336. The molecule has 2 aliphatic carbocycles. The first-order valence-electron chi connectivity index (χ1n) is 22.6. The molecule has 4 aromatic rings. The van der Waals surface area contributed by atoms with Crippen molar-refractivity contribution in [3.8, 4) is 11.1 Å². The van der Waals surface area contributed by atoms with E-state index in [1.165, 1.54) is 16.7 Å². The largest absolute Gasteiger partial charge is 0.344 e. The van der Waals surface area contributed by atoms with Crippen molar-refractivity contribution in [3.63, 3.8) is 0 Å². The van der Waals surface area contributed by atoms with Gasteiger partial charge >= 0.3 is 0 Å². The molecule has 66 heavy (non-hydrogen) atoms. The molecule has 334 valence electrons. The van der Waals surface area contributed by atoms with Gasteiger partial charge in [0.05, 0.1) is 22.8 Å². The second kappa shape index (κ2) is 25.0. The molecular weight excluding hydrogens is 803 g/mol. The van der Waals surface area contributed by atoms with Crippen molar-refractivity contribution >= 4 is 51.2 Å². The summed E-state index contributed by atoms with van der Waals surface area (Å²) in [6.45, 7) is 26.3. The minimum atomic E-state index is 0.0882.